The van der Waals surface area contributed by atoms with Gasteiger partial charge < -0.3 is 9.64 Å². The summed E-state index contributed by atoms with van der Waals surface area (Å²) in [4.78, 5) is 10.9. The molecule has 5 heteroatoms. The number of nitrogens with zero attached hydrogens (tertiary/aromatic N) is 3. The van der Waals surface area contributed by atoms with Crippen molar-refractivity contribution in [2.75, 3.05) is 23.4 Å². The van der Waals surface area contributed by atoms with Crippen LogP contribution in [0.15, 0.2) is 36.7 Å². The van der Waals surface area contributed by atoms with Crippen molar-refractivity contribution in [1.82, 2.24) is 9.97 Å². The SMILES string of the molecule is CCOc1ncnc(N(CCBr)Cc2ccccc2)c1C. The third-order valence-electron chi connectivity index (χ3n) is 3.16. The normalized spacial score (nSPS) is 10.4. The van der Waals surface area contributed by atoms with Crippen molar-refractivity contribution in [3.8, 4) is 5.88 Å². The zero-order valence-electron chi connectivity index (χ0n) is 12.4. The van der Waals surface area contributed by atoms with E-state index >= 15 is 0 Å². The molecule has 4 nitrogen and oxygen atoms in total. The van der Waals surface area contributed by atoms with Crippen LogP contribution >= 0.6 is 15.9 Å². The fourth-order valence-electron chi connectivity index (χ4n) is 2.19. The molecule has 0 bridgehead atoms. The lowest BCUT2D eigenvalue weighted by atomic mass is 10.2. The molecular formula is C16H20BrN3O. The zero-order valence-corrected chi connectivity index (χ0v) is 14.0. The lowest BCUT2D eigenvalue weighted by Crippen LogP contribution is -2.26. The van der Waals surface area contributed by atoms with Crippen molar-refractivity contribution in [3.05, 3.63) is 47.8 Å². The maximum absolute atomic E-state index is 5.57. The van der Waals surface area contributed by atoms with E-state index in [1.165, 1.54) is 5.56 Å². The standard InChI is InChI=1S/C16H20BrN3O/c1-3-21-16-13(2)15(18-12-19-16)20(10-9-17)11-14-7-5-4-6-8-14/h4-8,12H,3,9-11H2,1-2H3. The number of alkyl halides is 1. The van der Waals surface area contributed by atoms with E-state index in [1.54, 1.807) is 6.33 Å². The first-order valence-corrected chi connectivity index (χ1v) is 8.17. The Balaban J connectivity index is 2.27. The van der Waals surface area contributed by atoms with Gasteiger partial charge in [0.25, 0.3) is 0 Å². The minimum Gasteiger partial charge on any atom is -0.478 e. The minimum atomic E-state index is 0.606. The maximum atomic E-state index is 5.57. The van der Waals surface area contributed by atoms with Gasteiger partial charge in [-0.3, -0.25) is 0 Å². The summed E-state index contributed by atoms with van der Waals surface area (Å²) < 4.78 is 5.57. The molecule has 2 rings (SSSR count). The summed E-state index contributed by atoms with van der Waals surface area (Å²) in [7, 11) is 0. The zero-order chi connectivity index (χ0) is 15.1. The van der Waals surface area contributed by atoms with Crippen LogP contribution in [0.5, 0.6) is 5.88 Å². The second kappa shape index (κ2) is 7.98. The number of aromatic nitrogens is 2. The van der Waals surface area contributed by atoms with Gasteiger partial charge in [-0.05, 0) is 19.4 Å². The topological polar surface area (TPSA) is 38.3 Å². The number of halogens is 1. The molecule has 1 heterocycles. The molecule has 0 saturated heterocycles. The molecule has 0 saturated carbocycles. The van der Waals surface area contributed by atoms with E-state index in [-0.39, 0.29) is 0 Å². The number of ether oxygens (including phenoxy) is 1. The molecule has 0 aliphatic heterocycles. The Morgan fingerprint density at radius 2 is 1.95 bits per heavy atom. The summed E-state index contributed by atoms with van der Waals surface area (Å²) in [5, 5.41) is 0.882. The highest BCUT2D eigenvalue weighted by atomic mass is 79.9. The van der Waals surface area contributed by atoms with E-state index in [4.69, 9.17) is 4.74 Å². The van der Waals surface area contributed by atoms with Crippen LogP contribution in [0, 0.1) is 6.92 Å². The van der Waals surface area contributed by atoms with Crippen molar-refractivity contribution >= 4 is 21.7 Å². The summed E-state index contributed by atoms with van der Waals surface area (Å²) in [6.45, 7) is 6.26. The monoisotopic (exact) mass is 349 g/mol. The Kier molecular flexibility index (Phi) is 5.99. The van der Waals surface area contributed by atoms with Crippen molar-refractivity contribution in [2.45, 2.75) is 20.4 Å². The molecule has 2 aromatic rings. The van der Waals surface area contributed by atoms with Gasteiger partial charge in [-0.2, -0.15) is 0 Å². The van der Waals surface area contributed by atoms with Crippen LogP contribution in [0.25, 0.3) is 0 Å². The van der Waals surface area contributed by atoms with Crippen LogP contribution in [-0.4, -0.2) is 28.4 Å². The molecule has 112 valence electrons. The largest absolute Gasteiger partial charge is 0.478 e. The Morgan fingerprint density at radius 1 is 1.19 bits per heavy atom. The molecule has 0 atom stereocenters. The number of benzene rings is 1. The van der Waals surface area contributed by atoms with E-state index in [9.17, 15) is 0 Å². The third kappa shape index (κ3) is 4.17. The van der Waals surface area contributed by atoms with Crippen LogP contribution in [0.2, 0.25) is 0 Å². The first kappa shape index (κ1) is 15.8. The van der Waals surface area contributed by atoms with Gasteiger partial charge in [0, 0.05) is 18.4 Å². The van der Waals surface area contributed by atoms with Gasteiger partial charge >= 0.3 is 0 Å². The van der Waals surface area contributed by atoms with E-state index < -0.39 is 0 Å². The summed E-state index contributed by atoms with van der Waals surface area (Å²) in [5.41, 5.74) is 2.24. The molecule has 0 amide bonds. The Bertz CT molecular complexity index is 563. The first-order valence-electron chi connectivity index (χ1n) is 7.05. The molecule has 0 spiro atoms. The van der Waals surface area contributed by atoms with Crippen molar-refractivity contribution in [1.29, 1.82) is 0 Å². The first-order chi connectivity index (χ1) is 10.3. The van der Waals surface area contributed by atoms with Crippen LogP contribution in [-0.2, 0) is 6.54 Å². The molecule has 0 aliphatic carbocycles. The number of anilines is 1. The highest BCUT2D eigenvalue weighted by Crippen LogP contribution is 2.25. The van der Waals surface area contributed by atoms with Crippen LogP contribution in [0.3, 0.4) is 0 Å². The molecule has 0 unspecified atom stereocenters. The maximum Gasteiger partial charge on any atom is 0.221 e. The second-order valence-corrected chi connectivity index (χ2v) is 5.45. The lowest BCUT2D eigenvalue weighted by molar-refractivity contribution is 0.323. The number of rotatable bonds is 7. The Labute approximate surface area is 134 Å². The molecule has 0 N–H and O–H groups in total. The number of hydrogen-bond donors (Lipinski definition) is 0. The van der Waals surface area contributed by atoms with Crippen molar-refractivity contribution in [3.63, 3.8) is 0 Å². The van der Waals surface area contributed by atoms with Gasteiger partial charge in [-0.1, -0.05) is 46.3 Å². The molecule has 0 fully saturated rings. The molecular weight excluding hydrogens is 330 g/mol. The Morgan fingerprint density at radius 3 is 2.62 bits per heavy atom. The average molecular weight is 350 g/mol. The van der Waals surface area contributed by atoms with E-state index in [1.807, 2.05) is 19.9 Å². The predicted octanol–water partition coefficient (Wildman–Crippen LogP) is 3.59. The molecule has 1 aromatic carbocycles. The van der Waals surface area contributed by atoms with Crippen LogP contribution in [0.4, 0.5) is 5.82 Å². The molecule has 0 aliphatic rings. The molecule has 0 radical (unpaired) electrons. The van der Waals surface area contributed by atoms with E-state index in [2.05, 4.69) is 55.1 Å². The smallest absolute Gasteiger partial charge is 0.221 e. The fourth-order valence-corrected chi connectivity index (χ4v) is 2.62. The average Bonchev–Trinajstić information content (AvgIpc) is 2.50. The van der Waals surface area contributed by atoms with Crippen LogP contribution < -0.4 is 9.64 Å². The van der Waals surface area contributed by atoms with Gasteiger partial charge in [-0.15, -0.1) is 0 Å². The predicted molar refractivity (Wildman–Crippen MR) is 89.2 cm³/mol. The van der Waals surface area contributed by atoms with Crippen molar-refractivity contribution in [2.24, 2.45) is 0 Å². The lowest BCUT2D eigenvalue weighted by Gasteiger charge is -2.25. The quantitative estimate of drug-likeness (QED) is 0.716. The minimum absolute atomic E-state index is 0.606. The summed E-state index contributed by atoms with van der Waals surface area (Å²) in [6, 6.07) is 10.4. The summed E-state index contributed by atoms with van der Waals surface area (Å²) >= 11 is 3.52. The van der Waals surface area contributed by atoms with Gasteiger partial charge in [0.2, 0.25) is 5.88 Å². The Hall–Kier alpha value is -1.62. The van der Waals surface area contributed by atoms with E-state index in [0.29, 0.717) is 12.5 Å². The summed E-state index contributed by atoms with van der Waals surface area (Å²) in [6.07, 6.45) is 1.57. The van der Waals surface area contributed by atoms with Gasteiger partial charge in [0.15, 0.2) is 0 Å². The van der Waals surface area contributed by atoms with E-state index in [0.717, 1.165) is 29.8 Å². The number of hydrogen-bond acceptors (Lipinski definition) is 4. The van der Waals surface area contributed by atoms with Crippen molar-refractivity contribution < 1.29 is 4.74 Å². The highest BCUT2D eigenvalue weighted by molar-refractivity contribution is 9.09. The third-order valence-corrected chi connectivity index (χ3v) is 3.52. The fraction of sp³-hybridized carbons (Fsp3) is 0.375. The summed E-state index contributed by atoms with van der Waals surface area (Å²) in [5.74, 6) is 1.59. The van der Waals surface area contributed by atoms with Gasteiger partial charge in [0.05, 0.1) is 12.2 Å². The second-order valence-electron chi connectivity index (χ2n) is 4.66. The molecule has 21 heavy (non-hydrogen) atoms. The van der Waals surface area contributed by atoms with Crippen LogP contribution in [0.1, 0.15) is 18.1 Å². The molecule has 1 aromatic heterocycles. The van der Waals surface area contributed by atoms with Gasteiger partial charge in [-0.25, -0.2) is 9.97 Å². The highest BCUT2D eigenvalue weighted by Gasteiger charge is 2.15. The van der Waals surface area contributed by atoms with Gasteiger partial charge in [0.1, 0.15) is 12.1 Å².